The first kappa shape index (κ1) is 23.4. The van der Waals surface area contributed by atoms with Crippen LogP contribution in [-0.2, 0) is 13.1 Å². The van der Waals surface area contributed by atoms with Crippen LogP contribution >= 0.6 is 24.0 Å². The summed E-state index contributed by atoms with van der Waals surface area (Å²) in [6.45, 7) is -2.47. The Balaban J connectivity index is 0.00000320. The first-order valence-electron chi connectivity index (χ1n) is 8.51. The molecule has 12 heteroatoms. The molecule has 2 N–H and O–H groups in total. The van der Waals surface area contributed by atoms with Crippen LogP contribution in [0.25, 0.3) is 0 Å². The summed E-state index contributed by atoms with van der Waals surface area (Å²) in [6.07, 6.45) is 0. The van der Waals surface area contributed by atoms with E-state index in [9.17, 15) is 18.9 Å². The summed E-state index contributed by atoms with van der Waals surface area (Å²) in [5, 5.41) is 16.7. The third-order valence-electron chi connectivity index (χ3n) is 4.05. The second kappa shape index (κ2) is 10.8. The maximum absolute atomic E-state index is 12.7. The third kappa shape index (κ3) is 6.05. The van der Waals surface area contributed by atoms with E-state index in [1.165, 1.54) is 18.2 Å². The smallest absolute Gasteiger partial charge is 0.387 e. The number of alkyl halides is 2. The van der Waals surface area contributed by atoms with E-state index in [1.807, 2.05) is 0 Å². The Morgan fingerprint density at radius 3 is 2.43 bits per heavy atom. The highest BCUT2D eigenvalue weighted by Crippen LogP contribution is 2.38. The average Bonchev–Trinajstić information content (AvgIpc) is 3.15. The molecule has 1 aliphatic rings. The van der Waals surface area contributed by atoms with Crippen LogP contribution in [0.4, 0.5) is 14.5 Å². The van der Waals surface area contributed by atoms with Crippen LogP contribution in [0.2, 0.25) is 0 Å². The molecule has 0 spiro atoms. The lowest BCUT2D eigenvalue weighted by molar-refractivity contribution is -0.384. The third-order valence-corrected chi connectivity index (χ3v) is 4.05. The van der Waals surface area contributed by atoms with E-state index in [0.717, 1.165) is 5.56 Å². The van der Waals surface area contributed by atoms with E-state index in [0.29, 0.717) is 29.6 Å². The molecule has 162 valence electrons. The molecule has 0 aliphatic carbocycles. The molecule has 0 bridgehead atoms. The summed E-state index contributed by atoms with van der Waals surface area (Å²) in [4.78, 5) is 14.3. The second-order valence-electron chi connectivity index (χ2n) is 5.89. The number of benzene rings is 2. The van der Waals surface area contributed by atoms with Crippen LogP contribution in [0.3, 0.4) is 0 Å². The van der Waals surface area contributed by atoms with Gasteiger partial charge in [0.2, 0.25) is 6.79 Å². The average molecular weight is 536 g/mol. The van der Waals surface area contributed by atoms with Crippen molar-refractivity contribution in [3.05, 3.63) is 57.6 Å². The molecule has 3 rings (SSSR count). The van der Waals surface area contributed by atoms with Gasteiger partial charge < -0.3 is 24.8 Å². The van der Waals surface area contributed by atoms with Crippen LogP contribution in [0, 0.1) is 10.1 Å². The lowest BCUT2D eigenvalue weighted by Crippen LogP contribution is -2.36. The van der Waals surface area contributed by atoms with Crippen LogP contribution in [0.5, 0.6) is 17.2 Å². The van der Waals surface area contributed by atoms with Gasteiger partial charge in [0.25, 0.3) is 5.69 Å². The number of halogens is 3. The maximum atomic E-state index is 12.7. The molecular formula is C18H19F2IN4O5. The molecule has 0 amide bonds. The van der Waals surface area contributed by atoms with Gasteiger partial charge in [0.1, 0.15) is 5.75 Å². The number of aliphatic imine (C=N–C) groups is 1. The number of non-ortho nitro benzene ring substituents is 1. The minimum absolute atomic E-state index is 0. The molecule has 0 fully saturated rings. The fraction of sp³-hybridized carbons (Fsp3) is 0.278. The first-order valence-corrected chi connectivity index (χ1v) is 8.51. The van der Waals surface area contributed by atoms with Crippen LogP contribution in [-0.4, -0.2) is 31.3 Å². The Labute approximate surface area is 187 Å². The molecule has 30 heavy (non-hydrogen) atoms. The van der Waals surface area contributed by atoms with Gasteiger partial charge in [-0.2, -0.15) is 8.78 Å². The summed E-state index contributed by atoms with van der Waals surface area (Å²) in [7, 11) is 1.56. The number of guanidine groups is 1. The minimum Gasteiger partial charge on any atom is -0.454 e. The molecule has 9 nitrogen and oxygen atoms in total. The Hall–Kier alpha value is -2.90. The van der Waals surface area contributed by atoms with E-state index in [-0.39, 0.29) is 48.8 Å². The number of nitrogens with one attached hydrogen (secondary N) is 2. The monoisotopic (exact) mass is 536 g/mol. The molecule has 2 aromatic rings. The van der Waals surface area contributed by atoms with Gasteiger partial charge in [0, 0.05) is 43.9 Å². The molecule has 1 aliphatic heterocycles. The molecule has 1 heterocycles. The molecule has 2 aromatic carbocycles. The number of nitrogens with zero attached hydrogens (tertiary/aromatic N) is 2. The molecule has 0 aromatic heterocycles. The predicted octanol–water partition coefficient (Wildman–Crippen LogP) is 3.41. The zero-order valence-corrected chi connectivity index (χ0v) is 18.1. The summed E-state index contributed by atoms with van der Waals surface area (Å²) >= 11 is 0. The fourth-order valence-corrected chi connectivity index (χ4v) is 2.63. The van der Waals surface area contributed by atoms with Crippen molar-refractivity contribution in [1.82, 2.24) is 10.6 Å². The highest BCUT2D eigenvalue weighted by molar-refractivity contribution is 14.0. The van der Waals surface area contributed by atoms with Crippen molar-refractivity contribution in [3.8, 4) is 17.2 Å². The first-order chi connectivity index (χ1) is 14.0. The van der Waals surface area contributed by atoms with Crippen molar-refractivity contribution in [3.63, 3.8) is 0 Å². The van der Waals surface area contributed by atoms with Gasteiger partial charge in [-0.05, 0) is 11.6 Å². The number of rotatable bonds is 7. The van der Waals surface area contributed by atoms with E-state index in [1.54, 1.807) is 25.2 Å². The van der Waals surface area contributed by atoms with E-state index >= 15 is 0 Å². The second-order valence-corrected chi connectivity index (χ2v) is 5.89. The Morgan fingerprint density at radius 1 is 1.20 bits per heavy atom. The topological polar surface area (TPSA) is 107 Å². The van der Waals surface area contributed by atoms with Crippen molar-refractivity contribution in [2.45, 2.75) is 19.7 Å². The van der Waals surface area contributed by atoms with Crippen molar-refractivity contribution in [1.29, 1.82) is 0 Å². The van der Waals surface area contributed by atoms with Crippen molar-refractivity contribution >= 4 is 35.6 Å². The molecule has 0 saturated heterocycles. The number of nitro groups is 1. The maximum Gasteiger partial charge on any atom is 0.387 e. The highest BCUT2D eigenvalue weighted by atomic mass is 127. The minimum atomic E-state index is -2.98. The van der Waals surface area contributed by atoms with Gasteiger partial charge in [-0.1, -0.05) is 12.1 Å². The Bertz CT molecular complexity index is 912. The SMILES string of the molecule is CN=C(NCc1ccc([N+](=O)[O-])cc1)NCc1cc2c(cc1OC(F)F)OCO2.I. The van der Waals surface area contributed by atoms with Crippen LogP contribution in [0.15, 0.2) is 41.4 Å². The standard InChI is InChI=1S/C18H18F2N4O5.HI/c1-21-18(22-8-11-2-4-13(5-3-11)24(25)26)23-9-12-6-15-16(28-10-27-15)7-14(12)29-17(19)20;/h2-7,17H,8-10H2,1H3,(H2,21,22,23);1H. The number of fused-ring (bicyclic) bond motifs is 1. The molecule has 0 atom stereocenters. The zero-order chi connectivity index (χ0) is 20.8. The molecule has 0 unspecified atom stereocenters. The summed E-state index contributed by atoms with van der Waals surface area (Å²) < 4.78 is 40.5. The molecular weight excluding hydrogens is 517 g/mol. The quantitative estimate of drug-likeness (QED) is 0.184. The van der Waals surface area contributed by atoms with Crippen LogP contribution < -0.4 is 24.8 Å². The predicted molar refractivity (Wildman–Crippen MR) is 115 cm³/mol. The number of ether oxygens (including phenoxy) is 3. The van der Waals surface area contributed by atoms with E-state index in [2.05, 4.69) is 20.4 Å². The largest absolute Gasteiger partial charge is 0.454 e. The summed E-state index contributed by atoms with van der Waals surface area (Å²) in [5.41, 5.74) is 1.25. The fourth-order valence-electron chi connectivity index (χ4n) is 2.63. The van der Waals surface area contributed by atoms with E-state index < -0.39 is 11.5 Å². The van der Waals surface area contributed by atoms with Gasteiger partial charge in [-0.3, -0.25) is 15.1 Å². The molecule has 0 radical (unpaired) electrons. The van der Waals surface area contributed by atoms with Gasteiger partial charge in [0.15, 0.2) is 17.5 Å². The van der Waals surface area contributed by atoms with Crippen LogP contribution in [0.1, 0.15) is 11.1 Å². The number of hydrogen-bond acceptors (Lipinski definition) is 6. The van der Waals surface area contributed by atoms with Crippen molar-refractivity contribution in [2.75, 3.05) is 13.8 Å². The van der Waals surface area contributed by atoms with Gasteiger partial charge in [-0.25, -0.2) is 0 Å². The normalized spacial score (nSPS) is 12.3. The Kier molecular flexibility index (Phi) is 8.38. The highest BCUT2D eigenvalue weighted by Gasteiger charge is 2.20. The van der Waals surface area contributed by atoms with Gasteiger partial charge >= 0.3 is 6.61 Å². The molecule has 0 saturated carbocycles. The lowest BCUT2D eigenvalue weighted by atomic mass is 10.1. The Morgan fingerprint density at radius 2 is 1.83 bits per heavy atom. The van der Waals surface area contributed by atoms with Gasteiger partial charge in [0.05, 0.1) is 4.92 Å². The van der Waals surface area contributed by atoms with Crippen molar-refractivity contribution < 1.29 is 27.9 Å². The van der Waals surface area contributed by atoms with Crippen molar-refractivity contribution in [2.24, 2.45) is 4.99 Å². The number of nitro benzene ring substituents is 1. The summed E-state index contributed by atoms with van der Waals surface area (Å²) in [6, 6.07) is 9.01. The summed E-state index contributed by atoms with van der Waals surface area (Å²) in [5.74, 6) is 1.16. The van der Waals surface area contributed by atoms with E-state index in [4.69, 9.17) is 9.47 Å². The lowest BCUT2D eigenvalue weighted by Gasteiger charge is -2.15. The zero-order valence-electron chi connectivity index (χ0n) is 15.8. The van der Waals surface area contributed by atoms with Gasteiger partial charge in [-0.15, -0.1) is 24.0 Å². The number of hydrogen-bond donors (Lipinski definition) is 2.